The smallest absolute Gasteiger partial charge is 0.141 e. The van der Waals surface area contributed by atoms with Gasteiger partial charge in [-0.15, -0.1) is 5.10 Å². The zero-order chi connectivity index (χ0) is 35.9. The van der Waals surface area contributed by atoms with Gasteiger partial charge in [0.1, 0.15) is 23.4 Å². The fourth-order valence-corrected chi connectivity index (χ4v) is 7.13. The monoisotopic (exact) mass is 722 g/mol. The van der Waals surface area contributed by atoms with Crippen LogP contribution in [-0.4, -0.2) is 53.1 Å². The topological polar surface area (TPSA) is 113 Å². The van der Waals surface area contributed by atoms with Crippen LogP contribution < -0.4 is 10.6 Å². The van der Waals surface area contributed by atoms with Crippen LogP contribution in [-0.2, 0) is 7.05 Å². The molecule has 1 unspecified atom stereocenters. The molecule has 1 aliphatic rings. The Hall–Kier alpha value is -5.02. The highest BCUT2D eigenvalue weighted by Crippen LogP contribution is 2.38. The second kappa shape index (κ2) is 13.9. The molecule has 0 aliphatic carbocycles. The summed E-state index contributed by atoms with van der Waals surface area (Å²) >= 11 is 13.0. The molecule has 2 N–H and O–H groups in total. The number of aromatic nitrogens is 6. The number of rotatable bonds is 8. The van der Waals surface area contributed by atoms with Crippen LogP contribution in [0.4, 0.5) is 21.5 Å². The van der Waals surface area contributed by atoms with Crippen molar-refractivity contribution >= 4 is 51.2 Å². The number of nitriles is 1. The van der Waals surface area contributed by atoms with Gasteiger partial charge in [0.05, 0.1) is 45.1 Å². The lowest BCUT2D eigenvalue weighted by molar-refractivity contribution is 0.0866. The van der Waals surface area contributed by atoms with E-state index in [-0.39, 0.29) is 22.2 Å². The van der Waals surface area contributed by atoms with E-state index in [1.54, 1.807) is 12.3 Å². The van der Waals surface area contributed by atoms with Gasteiger partial charge < -0.3 is 15.2 Å². The van der Waals surface area contributed by atoms with Crippen molar-refractivity contribution in [3.05, 3.63) is 112 Å². The number of imidazole rings is 1. The molecule has 6 aromatic rings. The summed E-state index contributed by atoms with van der Waals surface area (Å²) < 4.78 is 17.9. The Morgan fingerprint density at radius 2 is 1.78 bits per heavy atom. The number of anilines is 3. The summed E-state index contributed by atoms with van der Waals surface area (Å²) in [4.78, 5) is 11.6. The molecular formula is C38H37Cl2FN10. The van der Waals surface area contributed by atoms with Gasteiger partial charge in [-0.05, 0) is 75.6 Å². The van der Waals surface area contributed by atoms with Crippen LogP contribution in [0.1, 0.15) is 62.5 Å². The van der Waals surface area contributed by atoms with Crippen LogP contribution in [0.5, 0.6) is 0 Å². The predicted octanol–water partition coefficient (Wildman–Crippen LogP) is 8.92. The molecule has 7 rings (SSSR count). The molecule has 3 aromatic heterocycles. The van der Waals surface area contributed by atoms with Gasteiger partial charge in [0.25, 0.3) is 0 Å². The molecule has 0 saturated carbocycles. The maximum Gasteiger partial charge on any atom is 0.141 e. The summed E-state index contributed by atoms with van der Waals surface area (Å²) in [6, 6.07) is 18.2. The summed E-state index contributed by atoms with van der Waals surface area (Å²) in [5.41, 5.74) is 5.20. The summed E-state index contributed by atoms with van der Waals surface area (Å²) in [6.07, 6.45) is 9.16. The van der Waals surface area contributed by atoms with Crippen molar-refractivity contribution in [1.29, 1.82) is 5.26 Å². The number of nitrogens with zero attached hydrogens (tertiary/aromatic N) is 8. The quantitative estimate of drug-likeness (QED) is 0.160. The van der Waals surface area contributed by atoms with Gasteiger partial charge in [-0.1, -0.05) is 46.6 Å². The van der Waals surface area contributed by atoms with Crippen molar-refractivity contribution in [1.82, 2.24) is 34.4 Å². The first kappa shape index (κ1) is 34.4. The van der Waals surface area contributed by atoms with Gasteiger partial charge in [-0.3, -0.25) is 9.88 Å². The minimum Gasteiger partial charge on any atom is -0.373 e. The Kier molecular flexibility index (Phi) is 9.42. The number of benzene rings is 3. The standard InChI is InChI=1S/C38H37Cl2FN10/c1-38(2,3)50-13-10-28(11-14-50)51-22-33(47-48-51)35(23-6-5-7-24(16-23)37-43-12-15-49(37)4)46-27-17-29-34(45-26-8-9-32(41)30(39)18-26)25(20-42)21-44-36(29)31(40)19-27/h5-9,12,15-19,21-22,28,35,46H,10-11,13-14H2,1-4H3,(H,44,45). The molecule has 13 heteroatoms. The molecule has 1 saturated heterocycles. The van der Waals surface area contributed by atoms with E-state index in [0.29, 0.717) is 33.0 Å². The number of hydrogen-bond donors (Lipinski definition) is 2. The molecule has 4 heterocycles. The SMILES string of the molecule is Cn1ccnc1-c1cccc(C(Nc2cc(Cl)c3ncc(C#N)c(Nc4ccc(F)c(Cl)c4)c3c2)c2cn(C3CCN(C(C)(C)C)CC3)nn2)c1. The third-order valence-corrected chi connectivity index (χ3v) is 10.0. The minimum atomic E-state index is -0.540. The normalized spacial score (nSPS) is 14.8. The molecular weight excluding hydrogens is 686 g/mol. The Bertz CT molecular complexity index is 2260. The molecule has 1 fully saturated rings. The van der Waals surface area contributed by atoms with Gasteiger partial charge in [0, 0.05) is 66.6 Å². The lowest BCUT2D eigenvalue weighted by atomic mass is 9.98. The highest BCUT2D eigenvalue weighted by atomic mass is 35.5. The predicted molar refractivity (Wildman–Crippen MR) is 200 cm³/mol. The number of halogens is 3. The Labute approximate surface area is 305 Å². The fourth-order valence-electron chi connectivity index (χ4n) is 6.68. The fraction of sp³-hybridized carbons (Fsp3) is 0.289. The highest BCUT2D eigenvalue weighted by Gasteiger charge is 2.29. The third kappa shape index (κ3) is 7.13. The van der Waals surface area contributed by atoms with Gasteiger partial charge in [0.2, 0.25) is 0 Å². The number of hydrogen-bond acceptors (Lipinski definition) is 8. The summed E-state index contributed by atoms with van der Waals surface area (Å²) in [5.74, 6) is 0.299. The van der Waals surface area contributed by atoms with Crippen molar-refractivity contribution in [2.45, 2.75) is 51.2 Å². The number of nitrogens with one attached hydrogen (secondary N) is 2. The number of piperidine rings is 1. The van der Waals surface area contributed by atoms with Gasteiger partial charge in [-0.25, -0.2) is 14.1 Å². The first-order valence-electron chi connectivity index (χ1n) is 16.7. The number of fused-ring (bicyclic) bond motifs is 1. The van der Waals surface area contributed by atoms with Crippen molar-refractivity contribution in [3.8, 4) is 17.5 Å². The van der Waals surface area contributed by atoms with Crippen molar-refractivity contribution < 1.29 is 4.39 Å². The van der Waals surface area contributed by atoms with E-state index in [9.17, 15) is 9.65 Å². The zero-order valence-electron chi connectivity index (χ0n) is 28.7. The van der Waals surface area contributed by atoms with Crippen LogP contribution >= 0.6 is 23.2 Å². The minimum absolute atomic E-state index is 0.0410. The zero-order valence-corrected chi connectivity index (χ0v) is 30.2. The first-order valence-corrected chi connectivity index (χ1v) is 17.5. The van der Waals surface area contributed by atoms with Crippen LogP contribution in [0.25, 0.3) is 22.3 Å². The molecule has 10 nitrogen and oxygen atoms in total. The Morgan fingerprint density at radius 3 is 2.49 bits per heavy atom. The van der Waals surface area contributed by atoms with Crippen LogP contribution in [0, 0.1) is 17.1 Å². The molecule has 0 spiro atoms. The lowest BCUT2D eigenvalue weighted by Crippen LogP contribution is -2.46. The molecule has 0 amide bonds. The molecule has 260 valence electrons. The molecule has 1 aliphatic heterocycles. The van der Waals surface area contributed by atoms with Gasteiger partial charge in [0.15, 0.2) is 0 Å². The van der Waals surface area contributed by atoms with E-state index < -0.39 is 11.9 Å². The second-order valence-electron chi connectivity index (χ2n) is 13.8. The molecule has 0 bridgehead atoms. The maximum absolute atomic E-state index is 14.0. The van der Waals surface area contributed by atoms with E-state index in [1.807, 2.05) is 59.0 Å². The largest absolute Gasteiger partial charge is 0.373 e. The second-order valence-corrected chi connectivity index (χ2v) is 14.7. The first-order chi connectivity index (χ1) is 24.5. The van der Waals surface area contributed by atoms with E-state index >= 15 is 0 Å². The van der Waals surface area contributed by atoms with Crippen molar-refractivity contribution in [2.24, 2.45) is 7.05 Å². The van der Waals surface area contributed by atoms with E-state index in [4.69, 9.17) is 28.3 Å². The van der Waals surface area contributed by atoms with Crippen molar-refractivity contribution in [3.63, 3.8) is 0 Å². The van der Waals surface area contributed by atoms with E-state index in [0.717, 1.165) is 48.6 Å². The Balaban J connectivity index is 1.28. The van der Waals surface area contributed by atoms with Gasteiger partial charge >= 0.3 is 0 Å². The molecule has 3 aromatic carbocycles. The average molecular weight is 724 g/mol. The number of likely N-dealkylation sites (tertiary alicyclic amines) is 1. The van der Waals surface area contributed by atoms with Crippen LogP contribution in [0.3, 0.4) is 0 Å². The molecule has 1 atom stereocenters. The third-order valence-electron chi connectivity index (χ3n) is 9.46. The van der Waals surface area contributed by atoms with Crippen LogP contribution in [0.2, 0.25) is 10.0 Å². The highest BCUT2D eigenvalue weighted by molar-refractivity contribution is 6.36. The summed E-state index contributed by atoms with van der Waals surface area (Å²) in [5, 5.41) is 27.2. The Morgan fingerprint density at radius 1 is 1.00 bits per heavy atom. The number of aryl methyl sites for hydroxylation is 1. The average Bonchev–Trinajstić information content (AvgIpc) is 3.78. The molecule has 0 radical (unpaired) electrons. The van der Waals surface area contributed by atoms with E-state index in [2.05, 4.69) is 63.6 Å². The van der Waals surface area contributed by atoms with Crippen molar-refractivity contribution in [2.75, 3.05) is 23.7 Å². The lowest BCUT2D eigenvalue weighted by Gasteiger charge is -2.40. The van der Waals surface area contributed by atoms with Crippen LogP contribution in [0.15, 0.2) is 79.4 Å². The summed E-state index contributed by atoms with van der Waals surface area (Å²) in [6.45, 7) is 8.74. The van der Waals surface area contributed by atoms with Gasteiger partial charge in [-0.2, -0.15) is 5.26 Å². The molecule has 51 heavy (non-hydrogen) atoms. The summed E-state index contributed by atoms with van der Waals surface area (Å²) in [7, 11) is 1.97. The van der Waals surface area contributed by atoms with E-state index in [1.165, 1.54) is 18.3 Å². The number of pyridine rings is 1. The maximum atomic E-state index is 14.0.